The van der Waals surface area contributed by atoms with Gasteiger partial charge in [0.05, 0.1) is 11.5 Å². The summed E-state index contributed by atoms with van der Waals surface area (Å²) in [6.45, 7) is 8.24. The van der Waals surface area contributed by atoms with Gasteiger partial charge >= 0.3 is 0 Å². The Morgan fingerprint density at radius 1 is 1.12 bits per heavy atom. The molecule has 0 fully saturated rings. The van der Waals surface area contributed by atoms with Gasteiger partial charge in [0, 0.05) is 19.7 Å². The molecule has 8 heteroatoms. The minimum atomic E-state index is -3.63. The number of methoxy groups -OCH3 is 1. The third-order valence-electron chi connectivity index (χ3n) is 3.27. The van der Waals surface area contributed by atoms with Crippen LogP contribution in [0.4, 0.5) is 0 Å². The molecular weight excluding hydrogens is 344 g/mol. The van der Waals surface area contributed by atoms with Gasteiger partial charge in [-0.05, 0) is 44.0 Å². The number of benzene rings is 1. The van der Waals surface area contributed by atoms with Crippen molar-refractivity contribution in [2.45, 2.75) is 44.7 Å². The molecule has 1 aromatic rings. The molecule has 0 aromatic heterocycles. The van der Waals surface area contributed by atoms with Gasteiger partial charge in [0.1, 0.15) is 5.75 Å². The first-order valence-corrected chi connectivity index (χ1v) is 9.69. The predicted octanol–water partition coefficient (Wildman–Crippen LogP) is 1.54. The van der Waals surface area contributed by atoms with E-state index in [0.717, 1.165) is 0 Å². The van der Waals surface area contributed by atoms with Crippen molar-refractivity contribution >= 4 is 15.9 Å². The van der Waals surface area contributed by atoms with E-state index in [9.17, 15) is 13.2 Å². The standard InChI is InChI=1S/C17H28N2O5S/c1-12(2)10-18-17(20)14(4)24-15-6-8-16(9-7-15)25(21,22)19-13(3)11-23-5/h6-9,12-14,19H,10-11H2,1-5H3,(H,18,20)/t13-,14-/m1/s1. The molecule has 0 spiro atoms. The second kappa shape index (κ2) is 9.74. The van der Waals surface area contributed by atoms with Gasteiger partial charge in [-0.3, -0.25) is 4.79 Å². The van der Waals surface area contributed by atoms with Gasteiger partial charge in [0.25, 0.3) is 5.91 Å². The van der Waals surface area contributed by atoms with E-state index < -0.39 is 16.1 Å². The molecule has 1 aromatic carbocycles. The van der Waals surface area contributed by atoms with Crippen LogP contribution in [0.25, 0.3) is 0 Å². The topological polar surface area (TPSA) is 93.7 Å². The number of carbonyl (C=O) groups is 1. The molecule has 0 aliphatic carbocycles. The van der Waals surface area contributed by atoms with Crippen molar-refractivity contribution in [3.8, 4) is 5.75 Å². The number of rotatable bonds is 10. The van der Waals surface area contributed by atoms with Gasteiger partial charge < -0.3 is 14.8 Å². The summed E-state index contributed by atoms with van der Waals surface area (Å²) in [5.74, 6) is 0.574. The lowest BCUT2D eigenvalue weighted by Crippen LogP contribution is -2.38. The molecule has 0 heterocycles. The van der Waals surface area contributed by atoms with Crippen molar-refractivity contribution in [3.05, 3.63) is 24.3 Å². The second-order valence-electron chi connectivity index (χ2n) is 6.35. The first-order valence-electron chi connectivity index (χ1n) is 8.21. The van der Waals surface area contributed by atoms with Crippen molar-refractivity contribution in [2.24, 2.45) is 5.92 Å². The maximum absolute atomic E-state index is 12.2. The molecule has 1 amide bonds. The predicted molar refractivity (Wildman–Crippen MR) is 96.0 cm³/mol. The molecule has 0 bridgehead atoms. The van der Waals surface area contributed by atoms with Crippen LogP contribution in [0.2, 0.25) is 0 Å². The molecule has 2 N–H and O–H groups in total. The Labute approximate surface area is 150 Å². The van der Waals surface area contributed by atoms with Crippen molar-refractivity contribution in [3.63, 3.8) is 0 Å². The molecule has 0 saturated carbocycles. The molecule has 0 aliphatic rings. The summed E-state index contributed by atoms with van der Waals surface area (Å²) in [4.78, 5) is 12.0. The van der Waals surface area contributed by atoms with Crippen molar-refractivity contribution in [1.82, 2.24) is 10.0 Å². The van der Waals surface area contributed by atoms with Gasteiger partial charge in [0.2, 0.25) is 10.0 Å². The fraction of sp³-hybridized carbons (Fsp3) is 0.588. The Hall–Kier alpha value is -1.64. The minimum Gasteiger partial charge on any atom is -0.481 e. The summed E-state index contributed by atoms with van der Waals surface area (Å²) < 4.78 is 37.5. The van der Waals surface area contributed by atoms with E-state index in [2.05, 4.69) is 10.0 Å². The zero-order valence-electron chi connectivity index (χ0n) is 15.4. The molecule has 7 nitrogen and oxygen atoms in total. The quantitative estimate of drug-likeness (QED) is 0.650. The van der Waals surface area contributed by atoms with E-state index in [0.29, 0.717) is 18.2 Å². The molecule has 1 rings (SSSR count). The van der Waals surface area contributed by atoms with Crippen LogP contribution in [-0.4, -0.2) is 46.7 Å². The first-order chi connectivity index (χ1) is 11.7. The summed E-state index contributed by atoms with van der Waals surface area (Å²) in [6.07, 6.45) is -0.666. The van der Waals surface area contributed by atoms with Crippen LogP contribution in [0.5, 0.6) is 5.75 Å². The Morgan fingerprint density at radius 3 is 2.24 bits per heavy atom. The maximum Gasteiger partial charge on any atom is 0.260 e. The number of amides is 1. The monoisotopic (exact) mass is 372 g/mol. The van der Waals surface area contributed by atoms with E-state index in [1.165, 1.54) is 31.4 Å². The summed E-state index contributed by atoms with van der Waals surface area (Å²) in [7, 11) is -2.12. The molecule has 0 unspecified atom stereocenters. The average molecular weight is 372 g/mol. The first kappa shape index (κ1) is 21.4. The lowest BCUT2D eigenvalue weighted by atomic mass is 10.2. The Kier molecular flexibility index (Phi) is 8.34. The Morgan fingerprint density at radius 2 is 1.72 bits per heavy atom. The molecule has 2 atom stereocenters. The van der Waals surface area contributed by atoms with E-state index in [4.69, 9.17) is 9.47 Å². The summed E-state index contributed by atoms with van der Waals surface area (Å²) in [5, 5.41) is 2.79. The average Bonchev–Trinajstić information content (AvgIpc) is 2.52. The van der Waals surface area contributed by atoms with Crippen molar-refractivity contribution < 1.29 is 22.7 Å². The highest BCUT2D eigenvalue weighted by Crippen LogP contribution is 2.17. The molecule has 0 radical (unpaired) electrons. The summed E-state index contributed by atoms with van der Waals surface area (Å²) in [5.41, 5.74) is 0. The van der Waals surface area contributed by atoms with Crippen LogP contribution < -0.4 is 14.8 Å². The van der Waals surface area contributed by atoms with Crippen LogP contribution >= 0.6 is 0 Å². The normalized spacial score (nSPS) is 14.2. The lowest BCUT2D eigenvalue weighted by molar-refractivity contribution is -0.127. The number of ether oxygens (including phenoxy) is 2. The third-order valence-corrected chi connectivity index (χ3v) is 4.88. The molecule has 25 heavy (non-hydrogen) atoms. The summed E-state index contributed by atoms with van der Waals surface area (Å²) in [6, 6.07) is 5.60. The number of carbonyl (C=O) groups excluding carboxylic acids is 1. The van der Waals surface area contributed by atoms with Crippen LogP contribution in [0, 0.1) is 5.92 Å². The van der Waals surface area contributed by atoms with Gasteiger partial charge in [-0.1, -0.05) is 13.8 Å². The lowest BCUT2D eigenvalue weighted by Gasteiger charge is -2.16. The van der Waals surface area contributed by atoms with Gasteiger partial charge in [-0.15, -0.1) is 0 Å². The van der Waals surface area contributed by atoms with Crippen LogP contribution in [0.3, 0.4) is 0 Å². The SMILES string of the molecule is COC[C@@H](C)NS(=O)(=O)c1ccc(O[C@H](C)C(=O)NCC(C)C)cc1. The highest BCUT2D eigenvalue weighted by atomic mass is 32.2. The molecular formula is C17H28N2O5S. The minimum absolute atomic E-state index is 0.125. The van der Waals surface area contributed by atoms with Gasteiger partial charge in [0.15, 0.2) is 6.10 Å². The number of hydrogen-bond donors (Lipinski definition) is 2. The Balaban J connectivity index is 2.68. The van der Waals surface area contributed by atoms with E-state index in [-0.39, 0.29) is 23.5 Å². The van der Waals surface area contributed by atoms with E-state index in [1.807, 2.05) is 13.8 Å². The van der Waals surface area contributed by atoms with Crippen molar-refractivity contribution in [2.75, 3.05) is 20.3 Å². The zero-order chi connectivity index (χ0) is 19.0. The number of nitrogens with one attached hydrogen (secondary N) is 2. The van der Waals surface area contributed by atoms with Crippen LogP contribution in [0.1, 0.15) is 27.7 Å². The fourth-order valence-corrected chi connectivity index (χ4v) is 3.25. The van der Waals surface area contributed by atoms with Crippen molar-refractivity contribution in [1.29, 1.82) is 0 Å². The van der Waals surface area contributed by atoms with Crippen LogP contribution in [-0.2, 0) is 19.6 Å². The third kappa shape index (κ3) is 7.41. The largest absolute Gasteiger partial charge is 0.481 e. The van der Waals surface area contributed by atoms with E-state index >= 15 is 0 Å². The highest BCUT2D eigenvalue weighted by Gasteiger charge is 2.18. The Bertz CT molecular complexity index is 644. The smallest absolute Gasteiger partial charge is 0.260 e. The highest BCUT2D eigenvalue weighted by molar-refractivity contribution is 7.89. The van der Waals surface area contributed by atoms with Gasteiger partial charge in [-0.2, -0.15) is 0 Å². The molecule has 142 valence electrons. The number of sulfonamides is 1. The van der Waals surface area contributed by atoms with E-state index in [1.54, 1.807) is 13.8 Å². The van der Waals surface area contributed by atoms with Gasteiger partial charge in [-0.25, -0.2) is 13.1 Å². The molecule has 0 saturated heterocycles. The second-order valence-corrected chi connectivity index (χ2v) is 8.06. The fourth-order valence-electron chi connectivity index (χ4n) is 2.02. The maximum atomic E-state index is 12.2. The zero-order valence-corrected chi connectivity index (χ0v) is 16.2. The van der Waals surface area contributed by atoms with Crippen LogP contribution in [0.15, 0.2) is 29.2 Å². The molecule has 0 aliphatic heterocycles. The number of hydrogen-bond acceptors (Lipinski definition) is 5. The summed E-state index contributed by atoms with van der Waals surface area (Å²) >= 11 is 0.